The molecule has 0 atom stereocenters. The summed E-state index contributed by atoms with van der Waals surface area (Å²) in [6.45, 7) is 0. The molecule has 0 saturated carbocycles. The molecule has 0 aliphatic rings. The summed E-state index contributed by atoms with van der Waals surface area (Å²) >= 11 is 0. The molecule has 1 aromatic carbocycles. The van der Waals surface area contributed by atoms with Crippen LogP contribution in [0.3, 0.4) is 0 Å². The van der Waals surface area contributed by atoms with Crippen molar-refractivity contribution >= 4 is 11.7 Å². The van der Waals surface area contributed by atoms with Crippen molar-refractivity contribution in [2.75, 3.05) is 5.32 Å². The van der Waals surface area contributed by atoms with Crippen LogP contribution in [-0.2, 0) is 11.2 Å². The number of hydrogen-bond donors (Lipinski definition) is 1. The van der Waals surface area contributed by atoms with Gasteiger partial charge in [-0.25, -0.2) is 4.98 Å². The number of pyridine rings is 1. The highest BCUT2D eigenvalue weighted by Crippen LogP contribution is 2.23. The number of nitrogens with zero attached hydrogens (tertiary/aromatic N) is 2. The highest BCUT2D eigenvalue weighted by Gasteiger charge is 2.31. The molecule has 0 fully saturated rings. The lowest BCUT2D eigenvalue weighted by molar-refractivity contribution is -0.274. The summed E-state index contributed by atoms with van der Waals surface area (Å²) in [5.41, 5.74) is 1.01. The number of carbonyl (C=O) groups excluding carboxylic acids is 1. The third-order valence-corrected chi connectivity index (χ3v) is 3.12. The third kappa shape index (κ3) is 7.49. The molecule has 8 heteroatoms. The number of carbonyl (C=O) groups is 1. The maximum atomic E-state index is 12.2. The van der Waals surface area contributed by atoms with E-state index in [-0.39, 0.29) is 12.2 Å². The lowest BCUT2D eigenvalue weighted by Crippen LogP contribution is -2.18. The Kier molecular flexibility index (Phi) is 6.79. The first-order valence-electron chi connectivity index (χ1n) is 7.82. The van der Waals surface area contributed by atoms with Crippen LogP contribution in [0.1, 0.15) is 24.0 Å². The van der Waals surface area contributed by atoms with Crippen molar-refractivity contribution in [3.63, 3.8) is 0 Å². The summed E-state index contributed by atoms with van der Waals surface area (Å²) in [4.78, 5) is 16.1. The van der Waals surface area contributed by atoms with E-state index in [0.717, 1.165) is 12.1 Å². The molecule has 2 rings (SSSR count). The number of hydrogen-bond acceptors (Lipinski definition) is 4. The molecule has 0 spiro atoms. The minimum Gasteiger partial charge on any atom is -0.406 e. The van der Waals surface area contributed by atoms with Gasteiger partial charge in [0, 0.05) is 24.6 Å². The van der Waals surface area contributed by atoms with Crippen LogP contribution >= 0.6 is 0 Å². The number of anilines is 1. The van der Waals surface area contributed by atoms with Gasteiger partial charge in [-0.2, -0.15) is 5.26 Å². The Labute approximate surface area is 153 Å². The molecule has 1 heterocycles. The zero-order valence-electron chi connectivity index (χ0n) is 14.0. The second-order valence-corrected chi connectivity index (χ2v) is 5.31. The Hall–Kier alpha value is -3.52. The van der Waals surface area contributed by atoms with E-state index in [9.17, 15) is 18.0 Å². The third-order valence-electron chi connectivity index (χ3n) is 3.12. The van der Waals surface area contributed by atoms with Gasteiger partial charge in [-0.1, -0.05) is 24.0 Å². The van der Waals surface area contributed by atoms with Crippen LogP contribution in [0.5, 0.6) is 5.75 Å². The van der Waals surface area contributed by atoms with Crippen molar-refractivity contribution in [3.05, 3.63) is 53.7 Å². The van der Waals surface area contributed by atoms with Gasteiger partial charge in [-0.05, 0) is 29.8 Å². The van der Waals surface area contributed by atoms with E-state index in [1.54, 1.807) is 12.1 Å². The van der Waals surface area contributed by atoms with Crippen LogP contribution in [-0.4, -0.2) is 17.3 Å². The molecule has 5 nitrogen and oxygen atoms in total. The van der Waals surface area contributed by atoms with Crippen molar-refractivity contribution in [2.45, 2.75) is 25.6 Å². The largest absolute Gasteiger partial charge is 0.573 e. The first-order chi connectivity index (χ1) is 12.9. The lowest BCUT2D eigenvalue weighted by atomic mass is 10.1. The Morgan fingerprint density at radius 2 is 2.04 bits per heavy atom. The number of ether oxygens (including phenoxy) is 1. The van der Waals surface area contributed by atoms with Gasteiger partial charge in [-0.3, -0.25) is 4.79 Å². The normalized spacial score (nSPS) is 10.3. The van der Waals surface area contributed by atoms with Gasteiger partial charge in [0.05, 0.1) is 12.5 Å². The molecule has 0 saturated heterocycles. The fraction of sp³-hybridized carbons (Fsp3) is 0.211. The average molecular weight is 373 g/mol. The van der Waals surface area contributed by atoms with Crippen LogP contribution in [0, 0.1) is 23.2 Å². The predicted molar refractivity (Wildman–Crippen MR) is 91.4 cm³/mol. The number of amides is 1. The van der Waals surface area contributed by atoms with E-state index in [4.69, 9.17) is 5.26 Å². The number of nitrogens with one attached hydrogen (secondary N) is 1. The van der Waals surface area contributed by atoms with E-state index in [2.05, 4.69) is 26.9 Å². The van der Waals surface area contributed by atoms with Crippen LogP contribution < -0.4 is 10.1 Å². The predicted octanol–water partition coefficient (Wildman–Crippen LogP) is 3.82. The van der Waals surface area contributed by atoms with Crippen molar-refractivity contribution in [3.8, 4) is 23.7 Å². The van der Waals surface area contributed by atoms with Gasteiger partial charge in [0.2, 0.25) is 5.91 Å². The summed E-state index contributed by atoms with van der Waals surface area (Å²) in [6, 6.07) is 10.4. The molecule has 27 heavy (non-hydrogen) atoms. The average Bonchev–Trinajstić information content (AvgIpc) is 2.59. The molecular weight excluding hydrogens is 359 g/mol. The zero-order chi connectivity index (χ0) is 19.7. The van der Waals surface area contributed by atoms with Gasteiger partial charge >= 0.3 is 6.36 Å². The maximum Gasteiger partial charge on any atom is 0.573 e. The van der Waals surface area contributed by atoms with Crippen LogP contribution in [0.25, 0.3) is 0 Å². The molecule has 1 N–H and O–H groups in total. The van der Waals surface area contributed by atoms with Gasteiger partial charge in [0.15, 0.2) is 0 Å². The summed E-state index contributed by atoms with van der Waals surface area (Å²) in [7, 11) is 0. The molecule has 2 aromatic rings. The molecule has 0 bridgehead atoms. The van der Waals surface area contributed by atoms with Gasteiger partial charge < -0.3 is 10.1 Å². The number of unbranched alkanes of at least 4 members (excludes halogenated alkanes) is 1. The Morgan fingerprint density at radius 1 is 1.22 bits per heavy atom. The van der Waals surface area contributed by atoms with E-state index in [1.807, 2.05) is 6.07 Å². The molecule has 0 aliphatic carbocycles. The molecule has 138 valence electrons. The number of nitriles is 1. The highest BCUT2D eigenvalue weighted by molar-refractivity contribution is 5.91. The van der Waals surface area contributed by atoms with Crippen molar-refractivity contribution in [2.24, 2.45) is 0 Å². The summed E-state index contributed by atoms with van der Waals surface area (Å²) in [5.74, 6) is 5.15. The van der Waals surface area contributed by atoms with E-state index in [0.29, 0.717) is 29.8 Å². The Morgan fingerprint density at radius 3 is 2.70 bits per heavy atom. The molecule has 0 aliphatic heterocycles. The van der Waals surface area contributed by atoms with Crippen LogP contribution in [0.15, 0.2) is 42.6 Å². The standard InChI is InChI=1S/C19H14F3N3O2/c20-19(21,22)27-16-7-4-6-15(11-16)12-18(26)25-17-9-8-14(13-24-17)5-2-1-3-10-23/h4,6-9,11,13H,1,3,12H2,(H,24,25,26). The van der Waals surface area contributed by atoms with Crippen molar-refractivity contribution in [1.82, 2.24) is 4.98 Å². The SMILES string of the molecule is N#CCCC#Cc1ccc(NC(=O)Cc2cccc(OC(F)(F)F)c2)nc1. The first kappa shape index (κ1) is 19.8. The molecule has 1 aromatic heterocycles. The second kappa shape index (κ2) is 9.25. The molecular formula is C19H14F3N3O2. The van der Waals surface area contributed by atoms with Crippen LogP contribution in [0.2, 0.25) is 0 Å². The van der Waals surface area contributed by atoms with Gasteiger partial charge in [0.25, 0.3) is 0 Å². The number of rotatable bonds is 5. The first-order valence-corrected chi connectivity index (χ1v) is 7.82. The second-order valence-electron chi connectivity index (χ2n) is 5.31. The van der Waals surface area contributed by atoms with Gasteiger partial charge in [-0.15, -0.1) is 13.2 Å². The lowest BCUT2D eigenvalue weighted by Gasteiger charge is -2.10. The number of aromatic nitrogens is 1. The van der Waals surface area contributed by atoms with E-state index >= 15 is 0 Å². The number of halogens is 3. The summed E-state index contributed by atoms with van der Waals surface area (Å²) in [5, 5.41) is 11.0. The summed E-state index contributed by atoms with van der Waals surface area (Å²) in [6.07, 6.45) is -2.63. The monoisotopic (exact) mass is 373 g/mol. The Balaban J connectivity index is 1.93. The summed E-state index contributed by atoms with van der Waals surface area (Å²) < 4.78 is 40.5. The maximum absolute atomic E-state index is 12.2. The Bertz CT molecular complexity index is 891. The fourth-order valence-corrected chi connectivity index (χ4v) is 2.05. The number of alkyl halides is 3. The minimum atomic E-state index is -4.79. The topological polar surface area (TPSA) is 75.0 Å². The van der Waals surface area contributed by atoms with Crippen LogP contribution in [0.4, 0.5) is 19.0 Å². The van der Waals surface area contributed by atoms with E-state index in [1.165, 1.54) is 18.3 Å². The molecule has 1 amide bonds. The zero-order valence-corrected chi connectivity index (χ0v) is 14.0. The minimum absolute atomic E-state index is 0.132. The quantitative estimate of drug-likeness (QED) is 0.639. The van der Waals surface area contributed by atoms with Gasteiger partial charge in [0.1, 0.15) is 11.6 Å². The smallest absolute Gasteiger partial charge is 0.406 e. The van der Waals surface area contributed by atoms with Crippen molar-refractivity contribution in [1.29, 1.82) is 5.26 Å². The highest BCUT2D eigenvalue weighted by atomic mass is 19.4. The molecule has 0 unspecified atom stereocenters. The number of benzene rings is 1. The fourth-order valence-electron chi connectivity index (χ4n) is 2.05. The van der Waals surface area contributed by atoms with Crippen molar-refractivity contribution < 1.29 is 22.7 Å². The van der Waals surface area contributed by atoms with E-state index < -0.39 is 12.3 Å². The molecule has 0 radical (unpaired) electrons.